The van der Waals surface area contributed by atoms with Crippen molar-refractivity contribution in [3.05, 3.63) is 23.5 Å². The highest BCUT2D eigenvalue weighted by atomic mass is 14.9. The van der Waals surface area contributed by atoms with Crippen molar-refractivity contribution in [2.24, 2.45) is 13.0 Å². The molecule has 3 nitrogen and oxygen atoms in total. The summed E-state index contributed by atoms with van der Waals surface area (Å²) in [5.41, 5.74) is 1.88. The molecule has 0 spiro atoms. The Morgan fingerprint density at radius 3 is 2.60 bits per heavy atom. The molecule has 1 heterocycles. The maximum absolute atomic E-state index is 8.81. The number of hydrogen-bond donors (Lipinski definition) is 1. The van der Waals surface area contributed by atoms with E-state index in [0.717, 1.165) is 6.54 Å². The van der Waals surface area contributed by atoms with E-state index in [0.29, 0.717) is 17.7 Å². The molecule has 0 fully saturated rings. The standard InChI is InChI=1S/C12H19N3/c1-9(2)10(3)14-7-11-5-12(6-13)15(4)8-11/h5,8-10,14H,7H2,1-4H3. The molecule has 0 aliphatic carbocycles. The Hall–Kier alpha value is -1.27. The lowest BCUT2D eigenvalue weighted by Crippen LogP contribution is -2.29. The lowest BCUT2D eigenvalue weighted by atomic mass is 10.1. The number of nitrogens with zero attached hydrogens (tertiary/aromatic N) is 2. The third-order valence-electron chi connectivity index (χ3n) is 2.80. The maximum Gasteiger partial charge on any atom is 0.120 e. The van der Waals surface area contributed by atoms with Crippen LogP contribution in [0.2, 0.25) is 0 Å². The molecule has 0 radical (unpaired) electrons. The third-order valence-corrected chi connectivity index (χ3v) is 2.80. The molecule has 3 heteroatoms. The van der Waals surface area contributed by atoms with Crippen LogP contribution in [-0.2, 0) is 13.6 Å². The Balaban J connectivity index is 2.55. The Labute approximate surface area is 91.7 Å². The van der Waals surface area contributed by atoms with E-state index >= 15 is 0 Å². The molecule has 15 heavy (non-hydrogen) atoms. The lowest BCUT2D eigenvalue weighted by molar-refractivity contribution is 0.426. The van der Waals surface area contributed by atoms with Gasteiger partial charge in [-0.3, -0.25) is 0 Å². The lowest BCUT2D eigenvalue weighted by Gasteiger charge is -2.16. The Bertz CT molecular complexity index is 357. The van der Waals surface area contributed by atoms with Gasteiger partial charge in [0.25, 0.3) is 0 Å². The molecule has 0 amide bonds. The molecular formula is C12H19N3. The van der Waals surface area contributed by atoms with Gasteiger partial charge >= 0.3 is 0 Å². The molecule has 1 unspecified atom stereocenters. The Morgan fingerprint density at radius 2 is 2.13 bits per heavy atom. The maximum atomic E-state index is 8.81. The Morgan fingerprint density at radius 1 is 1.47 bits per heavy atom. The van der Waals surface area contributed by atoms with Gasteiger partial charge in [0, 0.05) is 25.8 Å². The molecule has 0 saturated carbocycles. The molecule has 0 aromatic carbocycles. The quantitative estimate of drug-likeness (QED) is 0.817. The first-order valence-electron chi connectivity index (χ1n) is 5.33. The van der Waals surface area contributed by atoms with E-state index < -0.39 is 0 Å². The van der Waals surface area contributed by atoms with Gasteiger partial charge in [0.05, 0.1) is 0 Å². The number of nitrogens with one attached hydrogen (secondary N) is 1. The van der Waals surface area contributed by atoms with E-state index in [2.05, 4.69) is 32.2 Å². The van der Waals surface area contributed by atoms with E-state index in [9.17, 15) is 0 Å². The second-order valence-electron chi connectivity index (χ2n) is 4.37. The summed E-state index contributed by atoms with van der Waals surface area (Å²) < 4.78 is 1.86. The summed E-state index contributed by atoms with van der Waals surface area (Å²) in [4.78, 5) is 0. The van der Waals surface area contributed by atoms with E-state index in [1.807, 2.05) is 23.9 Å². The van der Waals surface area contributed by atoms with Crippen LogP contribution in [0.4, 0.5) is 0 Å². The zero-order valence-electron chi connectivity index (χ0n) is 9.91. The highest BCUT2D eigenvalue weighted by molar-refractivity contribution is 5.28. The fraction of sp³-hybridized carbons (Fsp3) is 0.583. The third kappa shape index (κ3) is 3.10. The van der Waals surface area contributed by atoms with E-state index in [1.165, 1.54) is 5.56 Å². The monoisotopic (exact) mass is 205 g/mol. The zero-order valence-corrected chi connectivity index (χ0v) is 9.91. The van der Waals surface area contributed by atoms with Crippen molar-refractivity contribution >= 4 is 0 Å². The van der Waals surface area contributed by atoms with Crippen LogP contribution >= 0.6 is 0 Å². The average molecular weight is 205 g/mol. The SMILES string of the molecule is CC(C)C(C)NCc1cc(C#N)n(C)c1. The van der Waals surface area contributed by atoms with E-state index in [4.69, 9.17) is 5.26 Å². The van der Waals surface area contributed by atoms with Crippen LogP contribution in [0.5, 0.6) is 0 Å². The summed E-state index contributed by atoms with van der Waals surface area (Å²) in [6.45, 7) is 7.40. The second kappa shape index (κ2) is 4.99. The normalized spacial score (nSPS) is 12.8. The van der Waals surface area contributed by atoms with Crippen LogP contribution in [0.25, 0.3) is 0 Å². The van der Waals surface area contributed by atoms with E-state index in [-0.39, 0.29) is 0 Å². The van der Waals surface area contributed by atoms with Crippen LogP contribution in [0, 0.1) is 17.2 Å². The summed E-state index contributed by atoms with van der Waals surface area (Å²) in [5, 5.41) is 12.2. The number of aryl methyl sites for hydroxylation is 1. The summed E-state index contributed by atoms with van der Waals surface area (Å²) in [7, 11) is 1.90. The highest BCUT2D eigenvalue weighted by Crippen LogP contribution is 2.07. The molecule has 1 atom stereocenters. The van der Waals surface area contributed by atoms with Gasteiger partial charge in [-0.25, -0.2) is 0 Å². The molecule has 0 aliphatic rings. The van der Waals surface area contributed by atoms with Crippen molar-refractivity contribution in [3.63, 3.8) is 0 Å². The fourth-order valence-electron chi connectivity index (χ4n) is 1.36. The topological polar surface area (TPSA) is 40.8 Å². The van der Waals surface area contributed by atoms with Crippen molar-refractivity contribution in [2.45, 2.75) is 33.4 Å². The van der Waals surface area contributed by atoms with Crippen LogP contribution < -0.4 is 5.32 Å². The summed E-state index contributed by atoms with van der Waals surface area (Å²) in [5.74, 6) is 0.629. The summed E-state index contributed by atoms with van der Waals surface area (Å²) >= 11 is 0. The van der Waals surface area contributed by atoms with Crippen LogP contribution in [-0.4, -0.2) is 10.6 Å². The summed E-state index contributed by atoms with van der Waals surface area (Å²) in [6, 6.07) is 4.59. The van der Waals surface area contributed by atoms with Crippen LogP contribution in [0.15, 0.2) is 12.3 Å². The smallest absolute Gasteiger partial charge is 0.120 e. The fourth-order valence-corrected chi connectivity index (χ4v) is 1.36. The first-order valence-corrected chi connectivity index (χ1v) is 5.33. The first kappa shape index (κ1) is 11.8. The summed E-state index contributed by atoms with van der Waals surface area (Å²) in [6.07, 6.45) is 2.00. The highest BCUT2D eigenvalue weighted by Gasteiger charge is 2.07. The van der Waals surface area contributed by atoms with Crippen molar-refractivity contribution in [1.82, 2.24) is 9.88 Å². The molecule has 1 N–H and O–H groups in total. The molecule has 0 bridgehead atoms. The van der Waals surface area contributed by atoms with Crippen LogP contribution in [0.1, 0.15) is 32.0 Å². The first-order chi connectivity index (χ1) is 7.04. The molecule has 1 aromatic rings. The second-order valence-corrected chi connectivity index (χ2v) is 4.37. The molecular weight excluding hydrogens is 186 g/mol. The van der Waals surface area contributed by atoms with Crippen molar-refractivity contribution < 1.29 is 0 Å². The largest absolute Gasteiger partial charge is 0.342 e. The molecule has 0 aliphatic heterocycles. The van der Waals surface area contributed by atoms with E-state index in [1.54, 1.807) is 0 Å². The van der Waals surface area contributed by atoms with Gasteiger partial charge < -0.3 is 9.88 Å². The predicted molar refractivity (Wildman–Crippen MR) is 61.3 cm³/mol. The van der Waals surface area contributed by atoms with Gasteiger partial charge in [-0.05, 0) is 24.5 Å². The molecule has 82 valence electrons. The number of hydrogen-bond acceptors (Lipinski definition) is 2. The van der Waals surface area contributed by atoms with Crippen LogP contribution in [0.3, 0.4) is 0 Å². The minimum atomic E-state index is 0.496. The molecule has 0 saturated heterocycles. The molecule has 1 rings (SSSR count). The van der Waals surface area contributed by atoms with Crippen molar-refractivity contribution in [1.29, 1.82) is 5.26 Å². The van der Waals surface area contributed by atoms with Crippen molar-refractivity contribution in [2.75, 3.05) is 0 Å². The number of aromatic nitrogens is 1. The van der Waals surface area contributed by atoms with Gasteiger partial charge in [-0.2, -0.15) is 5.26 Å². The van der Waals surface area contributed by atoms with Gasteiger partial charge in [0.15, 0.2) is 0 Å². The minimum Gasteiger partial charge on any atom is -0.342 e. The zero-order chi connectivity index (χ0) is 11.4. The van der Waals surface area contributed by atoms with Gasteiger partial charge in [-0.1, -0.05) is 13.8 Å². The number of nitriles is 1. The van der Waals surface area contributed by atoms with Gasteiger partial charge in [0.2, 0.25) is 0 Å². The average Bonchev–Trinajstić information content (AvgIpc) is 2.55. The predicted octanol–water partition coefficient (Wildman–Crippen LogP) is 2.03. The molecule has 1 aromatic heterocycles. The Kier molecular flexibility index (Phi) is 3.93. The number of rotatable bonds is 4. The van der Waals surface area contributed by atoms with Crippen molar-refractivity contribution in [3.8, 4) is 6.07 Å². The minimum absolute atomic E-state index is 0.496. The van der Waals surface area contributed by atoms with Gasteiger partial charge in [0.1, 0.15) is 11.8 Å². The van der Waals surface area contributed by atoms with Gasteiger partial charge in [-0.15, -0.1) is 0 Å².